The van der Waals surface area contributed by atoms with Crippen LogP contribution in [0.1, 0.15) is 5.56 Å². The van der Waals surface area contributed by atoms with Gasteiger partial charge in [0, 0.05) is 10.7 Å². The number of hydrogen-bond acceptors (Lipinski definition) is 2. The molecule has 0 saturated carbocycles. The highest BCUT2D eigenvalue weighted by Crippen LogP contribution is 2.26. The first-order chi connectivity index (χ1) is 9.04. The predicted molar refractivity (Wildman–Crippen MR) is 76.9 cm³/mol. The molecule has 0 heterocycles. The highest BCUT2D eigenvalue weighted by molar-refractivity contribution is 6.32. The van der Waals surface area contributed by atoms with Crippen molar-refractivity contribution in [2.24, 2.45) is 0 Å². The van der Waals surface area contributed by atoms with E-state index in [4.69, 9.17) is 23.2 Å². The van der Waals surface area contributed by atoms with Crippen LogP contribution >= 0.6 is 23.2 Å². The number of carbonyl (C=O) groups excluding carboxylic acids is 1. The molecule has 1 amide bonds. The second kappa shape index (κ2) is 5.95. The maximum atomic E-state index is 11.8. The molecule has 0 bridgehead atoms. The smallest absolute Gasteiger partial charge is 0.228 e. The van der Waals surface area contributed by atoms with E-state index in [2.05, 4.69) is 5.32 Å². The van der Waals surface area contributed by atoms with Crippen LogP contribution in [0, 0.1) is 0 Å². The van der Waals surface area contributed by atoms with Gasteiger partial charge < -0.3 is 10.4 Å². The lowest BCUT2D eigenvalue weighted by Gasteiger charge is -2.06. The van der Waals surface area contributed by atoms with Crippen molar-refractivity contribution in [2.75, 3.05) is 5.32 Å². The minimum Gasteiger partial charge on any atom is -0.506 e. The molecule has 0 aromatic heterocycles. The van der Waals surface area contributed by atoms with Crippen LogP contribution in [-0.2, 0) is 11.2 Å². The van der Waals surface area contributed by atoms with Crippen LogP contribution in [0.2, 0.25) is 10.0 Å². The Morgan fingerprint density at radius 3 is 2.42 bits per heavy atom. The molecule has 3 nitrogen and oxygen atoms in total. The van der Waals surface area contributed by atoms with Gasteiger partial charge in [-0.25, -0.2) is 0 Å². The second-order valence-corrected chi connectivity index (χ2v) is 4.86. The number of nitrogens with one attached hydrogen (secondary N) is 1. The van der Waals surface area contributed by atoms with E-state index in [1.54, 1.807) is 30.3 Å². The second-order valence-electron chi connectivity index (χ2n) is 4.02. The van der Waals surface area contributed by atoms with Gasteiger partial charge in [0.1, 0.15) is 5.75 Å². The van der Waals surface area contributed by atoms with E-state index < -0.39 is 0 Å². The number of amides is 1. The molecule has 2 aromatic rings. The average Bonchev–Trinajstić information content (AvgIpc) is 2.37. The van der Waals surface area contributed by atoms with Gasteiger partial charge in [-0.05, 0) is 35.9 Å². The van der Waals surface area contributed by atoms with Crippen molar-refractivity contribution in [1.82, 2.24) is 0 Å². The quantitative estimate of drug-likeness (QED) is 0.844. The van der Waals surface area contributed by atoms with Crippen molar-refractivity contribution in [3.8, 4) is 5.75 Å². The fourth-order valence-electron chi connectivity index (χ4n) is 1.58. The summed E-state index contributed by atoms with van der Waals surface area (Å²) in [4.78, 5) is 11.8. The molecule has 0 aliphatic heterocycles. The third-order valence-electron chi connectivity index (χ3n) is 2.51. The number of anilines is 1. The molecule has 5 heteroatoms. The predicted octanol–water partition coefficient (Wildman–Crippen LogP) is 3.88. The number of aromatic hydroxyl groups is 1. The highest BCUT2D eigenvalue weighted by Gasteiger charge is 2.06. The average molecular weight is 296 g/mol. The SMILES string of the molecule is O=C(Cc1ccc(Cl)cc1)Nc1ccc(O)c(Cl)c1. The molecule has 0 atom stereocenters. The number of phenolic OH excluding ortho intramolecular Hbond substituents is 1. The number of rotatable bonds is 3. The molecule has 2 N–H and O–H groups in total. The van der Waals surface area contributed by atoms with Gasteiger partial charge in [0.15, 0.2) is 0 Å². The molecule has 98 valence electrons. The lowest BCUT2D eigenvalue weighted by atomic mass is 10.1. The third kappa shape index (κ3) is 3.88. The van der Waals surface area contributed by atoms with Crippen LogP contribution < -0.4 is 5.32 Å². The van der Waals surface area contributed by atoms with E-state index >= 15 is 0 Å². The number of hydrogen-bond donors (Lipinski definition) is 2. The lowest BCUT2D eigenvalue weighted by molar-refractivity contribution is -0.115. The van der Waals surface area contributed by atoms with E-state index in [-0.39, 0.29) is 23.1 Å². The Kier molecular flexibility index (Phi) is 4.30. The third-order valence-corrected chi connectivity index (χ3v) is 3.06. The van der Waals surface area contributed by atoms with E-state index in [1.165, 1.54) is 12.1 Å². The number of halogens is 2. The molecular weight excluding hydrogens is 285 g/mol. The van der Waals surface area contributed by atoms with Gasteiger partial charge >= 0.3 is 0 Å². The van der Waals surface area contributed by atoms with Crippen LogP contribution in [0.4, 0.5) is 5.69 Å². The molecule has 0 spiro atoms. The summed E-state index contributed by atoms with van der Waals surface area (Å²) in [5.41, 5.74) is 1.41. The topological polar surface area (TPSA) is 49.3 Å². The van der Waals surface area contributed by atoms with Gasteiger partial charge in [-0.15, -0.1) is 0 Å². The van der Waals surface area contributed by atoms with Crippen molar-refractivity contribution < 1.29 is 9.90 Å². The Hall–Kier alpha value is -1.71. The lowest BCUT2D eigenvalue weighted by Crippen LogP contribution is -2.14. The van der Waals surface area contributed by atoms with Crippen LogP contribution in [-0.4, -0.2) is 11.0 Å². The monoisotopic (exact) mass is 295 g/mol. The standard InChI is InChI=1S/C14H11Cl2NO2/c15-10-3-1-9(2-4-10)7-14(19)17-11-5-6-13(18)12(16)8-11/h1-6,8,18H,7H2,(H,17,19). The van der Waals surface area contributed by atoms with Gasteiger partial charge in [-0.1, -0.05) is 35.3 Å². The Balaban J connectivity index is 2.01. The van der Waals surface area contributed by atoms with Crippen molar-refractivity contribution >= 4 is 34.8 Å². The zero-order valence-corrected chi connectivity index (χ0v) is 11.4. The Morgan fingerprint density at radius 2 is 1.79 bits per heavy atom. The number of carbonyl (C=O) groups is 1. The van der Waals surface area contributed by atoms with Crippen LogP contribution in [0.5, 0.6) is 5.75 Å². The van der Waals surface area contributed by atoms with Crippen molar-refractivity contribution in [3.63, 3.8) is 0 Å². The Bertz CT molecular complexity index is 597. The number of benzene rings is 2. The summed E-state index contributed by atoms with van der Waals surface area (Å²) in [6, 6.07) is 11.6. The van der Waals surface area contributed by atoms with E-state index in [1.807, 2.05) is 0 Å². The van der Waals surface area contributed by atoms with Gasteiger partial charge in [0.2, 0.25) is 5.91 Å². The molecular formula is C14H11Cl2NO2. The molecule has 0 unspecified atom stereocenters. The molecule has 0 fully saturated rings. The summed E-state index contributed by atoms with van der Waals surface area (Å²) >= 11 is 11.5. The highest BCUT2D eigenvalue weighted by atomic mass is 35.5. The first kappa shape index (κ1) is 13.7. The van der Waals surface area contributed by atoms with Crippen LogP contribution in [0.3, 0.4) is 0 Å². The molecule has 19 heavy (non-hydrogen) atoms. The summed E-state index contributed by atoms with van der Waals surface area (Å²) in [5, 5.41) is 12.8. The minimum atomic E-state index is -0.163. The van der Waals surface area contributed by atoms with E-state index in [9.17, 15) is 9.90 Å². The first-order valence-corrected chi connectivity index (χ1v) is 6.33. The number of phenols is 1. The van der Waals surface area contributed by atoms with Crippen molar-refractivity contribution in [3.05, 3.63) is 58.1 Å². The summed E-state index contributed by atoms with van der Waals surface area (Å²) in [7, 11) is 0. The summed E-state index contributed by atoms with van der Waals surface area (Å²) in [6.45, 7) is 0. The summed E-state index contributed by atoms with van der Waals surface area (Å²) < 4.78 is 0. The normalized spacial score (nSPS) is 10.2. The molecule has 0 saturated heterocycles. The molecule has 0 aliphatic rings. The Morgan fingerprint density at radius 1 is 1.11 bits per heavy atom. The van der Waals surface area contributed by atoms with Crippen LogP contribution in [0.15, 0.2) is 42.5 Å². The van der Waals surface area contributed by atoms with Gasteiger partial charge in [-0.3, -0.25) is 4.79 Å². The molecule has 0 aliphatic carbocycles. The molecule has 2 aromatic carbocycles. The first-order valence-electron chi connectivity index (χ1n) is 5.57. The molecule has 2 rings (SSSR count). The fraction of sp³-hybridized carbons (Fsp3) is 0.0714. The van der Waals surface area contributed by atoms with E-state index in [0.29, 0.717) is 10.7 Å². The summed E-state index contributed by atoms with van der Waals surface area (Å²) in [5.74, 6) is -0.179. The minimum absolute atomic E-state index is 0.0163. The maximum Gasteiger partial charge on any atom is 0.228 e. The Labute approximate surface area is 120 Å². The van der Waals surface area contributed by atoms with Crippen molar-refractivity contribution in [1.29, 1.82) is 0 Å². The largest absolute Gasteiger partial charge is 0.506 e. The van der Waals surface area contributed by atoms with Gasteiger partial charge in [0.25, 0.3) is 0 Å². The zero-order valence-electron chi connectivity index (χ0n) is 9.86. The van der Waals surface area contributed by atoms with Gasteiger partial charge in [0.05, 0.1) is 11.4 Å². The molecule has 0 radical (unpaired) electrons. The zero-order chi connectivity index (χ0) is 13.8. The van der Waals surface area contributed by atoms with Gasteiger partial charge in [-0.2, -0.15) is 0 Å². The van der Waals surface area contributed by atoms with Crippen molar-refractivity contribution in [2.45, 2.75) is 6.42 Å². The van der Waals surface area contributed by atoms with E-state index in [0.717, 1.165) is 5.56 Å². The fourth-order valence-corrected chi connectivity index (χ4v) is 1.88. The maximum absolute atomic E-state index is 11.8. The van der Waals surface area contributed by atoms with Crippen LogP contribution in [0.25, 0.3) is 0 Å². The summed E-state index contributed by atoms with van der Waals surface area (Å²) in [6.07, 6.45) is 0.246.